The van der Waals surface area contributed by atoms with E-state index < -0.39 is 23.3 Å². The first kappa shape index (κ1) is 24.0. The Labute approximate surface area is 213 Å². The molecular formula is C29H26N4O4. The van der Waals surface area contributed by atoms with Crippen molar-refractivity contribution in [2.24, 2.45) is 0 Å². The van der Waals surface area contributed by atoms with Crippen LogP contribution in [0, 0.1) is 6.92 Å². The molecule has 0 aliphatic rings. The minimum Gasteiger partial charge on any atom is -0.467 e. The molecule has 0 spiro atoms. The van der Waals surface area contributed by atoms with Gasteiger partial charge in [0.25, 0.3) is 5.56 Å². The molecule has 0 saturated carbocycles. The van der Waals surface area contributed by atoms with Crippen molar-refractivity contribution in [3.8, 4) is 0 Å². The third kappa shape index (κ3) is 4.61. The van der Waals surface area contributed by atoms with Crippen molar-refractivity contribution in [1.29, 1.82) is 0 Å². The molecule has 0 amide bonds. The largest absolute Gasteiger partial charge is 0.467 e. The second-order valence-corrected chi connectivity index (χ2v) is 8.90. The number of methoxy groups -OCH3 is 1. The Morgan fingerprint density at radius 3 is 2.16 bits per heavy atom. The molecule has 37 heavy (non-hydrogen) atoms. The van der Waals surface area contributed by atoms with Gasteiger partial charge in [-0.05, 0) is 23.6 Å². The van der Waals surface area contributed by atoms with Crippen LogP contribution in [0.5, 0.6) is 0 Å². The Bertz CT molecular complexity index is 1680. The van der Waals surface area contributed by atoms with E-state index in [9.17, 15) is 14.4 Å². The van der Waals surface area contributed by atoms with Gasteiger partial charge in [-0.15, -0.1) is 0 Å². The van der Waals surface area contributed by atoms with Gasteiger partial charge in [0.15, 0.2) is 17.2 Å². The summed E-state index contributed by atoms with van der Waals surface area (Å²) in [5, 5.41) is 0. The lowest BCUT2D eigenvalue weighted by atomic mass is 10.0. The van der Waals surface area contributed by atoms with Crippen LogP contribution in [0.2, 0.25) is 0 Å². The molecular weight excluding hydrogens is 468 g/mol. The average molecular weight is 495 g/mol. The minimum atomic E-state index is -1.25. The molecule has 0 fully saturated rings. The number of benzene rings is 3. The van der Waals surface area contributed by atoms with Crippen LogP contribution in [0.1, 0.15) is 28.3 Å². The standard InChI is InChI=1S/C29H26N4O4/c1-20-10-9-15-23(16-20)24(28(35)37-2)33-27(34)25-26(30-19-31(25)17-21-11-5-3-6-12-21)32(29(33)36)18-22-13-7-4-8-14-22/h3-16,19,24H,17-18H2,1-2H3. The first-order chi connectivity index (χ1) is 18.0. The number of rotatable bonds is 7. The quantitative estimate of drug-likeness (QED) is 0.323. The number of hydrogen-bond acceptors (Lipinski definition) is 5. The highest BCUT2D eigenvalue weighted by molar-refractivity contribution is 5.79. The van der Waals surface area contributed by atoms with Gasteiger partial charge < -0.3 is 9.30 Å². The molecule has 5 aromatic rings. The molecule has 0 aliphatic heterocycles. The summed E-state index contributed by atoms with van der Waals surface area (Å²) < 4.78 is 9.24. The van der Waals surface area contributed by atoms with Crippen LogP contribution in [-0.4, -0.2) is 31.8 Å². The lowest BCUT2D eigenvalue weighted by Crippen LogP contribution is -2.45. The molecule has 8 heteroatoms. The van der Waals surface area contributed by atoms with E-state index in [2.05, 4.69) is 4.98 Å². The number of ether oxygens (including phenoxy) is 1. The zero-order valence-corrected chi connectivity index (χ0v) is 20.6. The van der Waals surface area contributed by atoms with Gasteiger partial charge in [0, 0.05) is 6.54 Å². The summed E-state index contributed by atoms with van der Waals surface area (Å²) in [7, 11) is 1.25. The fourth-order valence-corrected chi connectivity index (χ4v) is 4.59. The number of hydrogen-bond donors (Lipinski definition) is 0. The number of aryl methyl sites for hydroxylation is 1. The Morgan fingerprint density at radius 2 is 1.54 bits per heavy atom. The zero-order valence-electron chi connectivity index (χ0n) is 20.6. The van der Waals surface area contributed by atoms with Gasteiger partial charge in [0.1, 0.15) is 0 Å². The Balaban J connectivity index is 1.80. The highest BCUT2D eigenvalue weighted by atomic mass is 16.5. The van der Waals surface area contributed by atoms with Crippen LogP contribution >= 0.6 is 0 Å². The predicted octanol–water partition coefficient (Wildman–Crippen LogP) is 3.53. The fourth-order valence-electron chi connectivity index (χ4n) is 4.59. The maximum absolute atomic E-state index is 14.0. The second-order valence-electron chi connectivity index (χ2n) is 8.90. The molecule has 8 nitrogen and oxygen atoms in total. The van der Waals surface area contributed by atoms with Gasteiger partial charge in [0.2, 0.25) is 0 Å². The van der Waals surface area contributed by atoms with Crippen LogP contribution < -0.4 is 11.2 Å². The molecule has 2 heterocycles. The highest BCUT2D eigenvalue weighted by Gasteiger charge is 2.30. The molecule has 2 aromatic heterocycles. The molecule has 0 radical (unpaired) electrons. The first-order valence-corrected chi connectivity index (χ1v) is 11.9. The normalized spacial score (nSPS) is 11.9. The summed E-state index contributed by atoms with van der Waals surface area (Å²) in [6.07, 6.45) is 1.56. The minimum absolute atomic E-state index is 0.181. The predicted molar refractivity (Wildman–Crippen MR) is 141 cm³/mol. The number of esters is 1. The number of carbonyl (C=O) groups is 1. The van der Waals surface area contributed by atoms with Crippen molar-refractivity contribution >= 4 is 17.1 Å². The summed E-state index contributed by atoms with van der Waals surface area (Å²) in [5.74, 6) is -0.704. The van der Waals surface area contributed by atoms with Gasteiger partial charge in [-0.2, -0.15) is 0 Å². The summed E-state index contributed by atoms with van der Waals surface area (Å²) in [6.45, 7) is 2.44. The summed E-state index contributed by atoms with van der Waals surface area (Å²) in [6, 6.07) is 25.0. The van der Waals surface area contributed by atoms with Crippen molar-refractivity contribution < 1.29 is 9.53 Å². The van der Waals surface area contributed by atoms with Gasteiger partial charge in [-0.3, -0.25) is 9.36 Å². The molecule has 5 rings (SSSR count). The van der Waals surface area contributed by atoms with E-state index in [0.29, 0.717) is 12.1 Å². The third-order valence-corrected chi connectivity index (χ3v) is 6.35. The number of imidazole rings is 1. The van der Waals surface area contributed by atoms with E-state index in [4.69, 9.17) is 4.74 Å². The number of nitrogens with zero attached hydrogens (tertiary/aromatic N) is 4. The van der Waals surface area contributed by atoms with Crippen LogP contribution in [0.15, 0.2) is 101 Å². The van der Waals surface area contributed by atoms with Crippen molar-refractivity contribution in [2.45, 2.75) is 26.1 Å². The monoisotopic (exact) mass is 494 g/mol. The van der Waals surface area contributed by atoms with Gasteiger partial charge in [-0.25, -0.2) is 19.1 Å². The van der Waals surface area contributed by atoms with E-state index in [1.165, 1.54) is 11.7 Å². The Kier molecular flexibility index (Phi) is 6.55. The molecule has 186 valence electrons. The average Bonchev–Trinajstić information content (AvgIpc) is 3.33. The van der Waals surface area contributed by atoms with E-state index in [0.717, 1.165) is 21.3 Å². The van der Waals surface area contributed by atoms with Crippen molar-refractivity contribution in [3.05, 3.63) is 134 Å². The van der Waals surface area contributed by atoms with E-state index in [1.54, 1.807) is 29.1 Å². The number of carbonyl (C=O) groups excluding carboxylic acids is 1. The van der Waals surface area contributed by atoms with Crippen molar-refractivity contribution in [2.75, 3.05) is 7.11 Å². The maximum Gasteiger partial charge on any atom is 0.334 e. The number of aromatic nitrogens is 4. The number of fused-ring (bicyclic) bond motifs is 1. The molecule has 0 N–H and O–H groups in total. The molecule has 1 atom stereocenters. The van der Waals surface area contributed by atoms with E-state index in [-0.39, 0.29) is 17.7 Å². The SMILES string of the molecule is COC(=O)C(c1cccc(C)c1)n1c(=O)c2c(ncn2Cc2ccccc2)n(Cc2ccccc2)c1=O. The van der Waals surface area contributed by atoms with Gasteiger partial charge >= 0.3 is 11.7 Å². The molecule has 0 saturated heterocycles. The van der Waals surface area contributed by atoms with Gasteiger partial charge in [-0.1, -0.05) is 90.5 Å². The fraction of sp³-hybridized carbons (Fsp3) is 0.172. The summed E-state index contributed by atoms with van der Waals surface area (Å²) in [5.41, 5.74) is 2.47. The molecule has 3 aromatic carbocycles. The van der Waals surface area contributed by atoms with Crippen LogP contribution in [0.25, 0.3) is 11.2 Å². The summed E-state index contributed by atoms with van der Waals surface area (Å²) in [4.78, 5) is 45.6. The topological polar surface area (TPSA) is 88.1 Å². The smallest absolute Gasteiger partial charge is 0.334 e. The Hall–Kier alpha value is -4.72. The lowest BCUT2D eigenvalue weighted by Gasteiger charge is -2.20. The van der Waals surface area contributed by atoms with Crippen molar-refractivity contribution in [1.82, 2.24) is 18.7 Å². The molecule has 0 bridgehead atoms. The molecule has 0 aliphatic carbocycles. The second kappa shape index (κ2) is 10.1. The van der Waals surface area contributed by atoms with Crippen LogP contribution in [-0.2, 0) is 22.6 Å². The first-order valence-electron chi connectivity index (χ1n) is 11.9. The summed E-state index contributed by atoms with van der Waals surface area (Å²) >= 11 is 0. The Morgan fingerprint density at radius 1 is 0.892 bits per heavy atom. The zero-order chi connectivity index (χ0) is 25.9. The van der Waals surface area contributed by atoms with E-state index >= 15 is 0 Å². The lowest BCUT2D eigenvalue weighted by molar-refractivity contribution is -0.143. The molecule has 1 unspecified atom stereocenters. The van der Waals surface area contributed by atoms with Crippen molar-refractivity contribution in [3.63, 3.8) is 0 Å². The third-order valence-electron chi connectivity index (χ3n) is 6.35. The highest BCUT2D eigenvalue weighted by Crippen LogP contribution is 2.20. The maximum atomic E-state index is 14.0. The van der Waals surface area contributed by atoms with Crippen LogP contribution in [0.3, 0.4) is 0 Å². The van der Waals surface area contributed by atoms with E-state index in [1.807, 2.05) is 73.7 Å². The van der Waals surface area contributed by atoms with Crippen LogP contribution in [0.4, 0.5) is 0 Å². The van der Waals surface area contributed by atoms with Gasteiger partial charge in [0.05, 0.1) is 20.0 Å².